The Morgan fingerprint density at radius 1 is 1.16 bits per heavy atom. The van der Waals surface area contributed by atoms with Crippen molar-refractivity contribution >= 4 is 22.8 Å². The molecule has 1 N–H and O–H groups in total. The predicted octanol–water partition coefficient (Wildman–Crippen LogP) is 2.63. The molecule has 2 fully saturated rings. The van der Waals surface area contributed by atoms with E-state index in [4.69, 9.17) is 4.74 Å². The second-order valence-electron chi connectivity index (χ2n) is 9.65. The molecular formula is C22H31F2N5O3. The van der Waals surface area contributed by atoms with Gasteiger partial charge in [0.1, 0.15) is 5.60 Å². The number of carbonyl (C=O) groups excluding carboxylic acids is 1. The number of fused-ring (bicyclic) bond motifs is 1. The summed E-state index contributed by atoms with van der Waals surface area (Å²) in [6.07, 6.45) is -0.487. The summed E-state index contributed by atoms with van der Waals surface area (Å²) in [5.74, 6) is -3.01. The Bertz CT molecular complexity index is 1050. The van der Waals surface area contributed by atoms with Gasteiger partial charge in [-0.1, -0.05) is 6.07 Å². The number of halogens is 2. The van der Waals surface area contributed by atoms with E-state index in [2.05, 4.69) is 9.88 Å². The van der Waals surface area contributed by atoms with Gasteiger partial charge < -0.3 is 19.5 Å². The van der Waals surface area contributed by atoms with E-state index < -0.39 is 30.2 Å². The molecule has 2 aliphatic rings. The molecule has 0 unspecified atom stereocenters. The monoisotopic (exact) mass is 451 g/mol. The number of benzene rings is 1. The summed E-state index contributed by atoms with van der Waals surface area (Å²) in [5, 5.41) is 0. The van der Waals surface area contributed by atoms with Gasteiger partial charge in [-0.2, -0.15) is 0 Å². The van der Waals surface area contributed by atoms with Crippen LogP contribution in [0.15, 0.2) is 23.0 Å². The number of rotatable bonds is 2. The zero-order valence-corrected chi connectivity index (χ0v) is 19.0. The van der Waals surface area contributed by atoms with Crippen LogP contribution in [0.2, 0.25) is 0 Å². The van der Waals surface area contributed by atoms with Gasteiger partial charge in [-0.05, 0) is 39.3 Å². The third-order valence-electron chi connectivity index (χ3n) is 6.21. The number of piperazine rings is 1. The zero-order valence-electron chi connectivity index (χ0n) is 19.0. The molecule has 32 heavy (non-hydrogen) atoms. The largest absolute Gasteiger partial charge is 0.444 e. The number of likely N-dealkylation sites (tertiary alicyclic amines) is 1. The highest BCUT2D eigenvalue weighted by Gasteiger charge is 2.49. The van der Waals surface area contributed by atoms with Gasteiger partial charge >= 0.3 is 11.8 Å². The molecular weight excluding hydrogens is 420 g/mol. The van der Waals surface area contributed by atoms with E-state index in [0.717, 1.165) is 21.6 Å². The average Bonchev–Trinajstić information content (AvgIpc) is 3.00. The standard InChI is InChI=1S/C22H31F2N5O3/c1-21(2,3)32-20(31)29-9-8-17(22(23,24)14-29)28-12-10-27(11-13-28)16-7-5-6-15-18(16)26(4)19(30)25-15/h5-7,17H,8-14H2,1-4H3,(H,25,30)/t17-/m0/s1. The maximum atomic E-state index is 15.0. The summed E-state index contributed by atoms with van der Waals surface area (Å²) in [5.41, 5.74) is 1.61. The topological polar surface area (TPSA) is 73.8 Å². The van der Waals surface area contributed by atoms with Crippen LogP contribution in [-0.4, -0.2) is 82.3 Å². The normalized spacial score (nSPS) is 22.4. The number of anilines is 1. The van der Waals surface area contributed by atoms with Crippen molar-refractivity contribution in [1.29, 1.82) is 0 Å². The van der Waals surface area contributed by atoms with Crippen molar-refractivity contribution in [2.75, 3.05) is 44.2 Å². The van der Waals surface area contributed by atoms with Crippen molar-refractivity contribution in [3.63, 3.8) is 0 Å². The summed E-state index contributed by atoms with van der Waals surface area (Å²) in [6.45, 7) is 6.94. The van der Waals surface area contributed by atoms with Crippen molar-refractivity contribution in [3.8, 4) is 0 Å². The highest BCUT2D eigenvalue weighted by atomic mass is 19.3. The number of nitrogens with zero attached hydrogens (tertiary/aromatic N) is 4. The summed E-state index contributed by atoms with van der Waals surface area (Å²) in [7, 11) is 1.72. The van der Waals surface area contributed by atoms with Gasteiger partial charge in [-0.15, -0.1) is 0 Å². The molecule has 0 aliphatic carbocycles. The fourth-order valence-corrected chi connectivity index (χ4v) is 4.68. The Morgan fingerprint density at radius 2 is 1.84 bits per heavy atom. The Kier molecular flexibility index (Phi) is 5.68. The number of alkyl halides is 2. The van der Waals surface area contributed by atoms with Crippen LogP contribution in [0.4, 0.5) is 19.3 Å². The summed E-state index contributed by atoms with van der Waals surface area (Å²) in [4.78, 5) is 32.2. The lowest BCUT2D eigenvalue weighted by atomic mass is 9.98. The lowest BCUT2D eigenvalue weighted by Gasteiger charge is -2.46. The first-order chi connectivity index (χ1) is 15.0. The van der Waals surface area contributed by atoms with Crippen molar-refractivity contribution < 1.29 is 18.3 Å². The number of piperidine rings is 1. The summed E-state index contributed by atoms with van der Waals surface area (Å²) >= 11 is 0. The molecule has 2 aliphatic heterocycles. The number of amides is 1. The molecule has 176 valence electrons. The molecule has 0 radical (unpaired) electrons. The van der Waals surface area contributed by atoms with Gasteiger partial charge in [0.2, 0.25) is 0 Å². The van der Waals surface area contributed by atoms with Crippen molar-refractivity contribution in [2.24, 2.45) is 7.05 Å². The highest BCUT2D eigenvalue weighted by molar-refractivity contribution is 5.89. The number of H-pyrrole nitrogens is 1. The van der Waals surface area contributed by atoms with Crippen LogP contribution in [0.25, 0.3) is 11.0 Å². The highest BCUT2D eigenvalue weighted by Crippen LogP contribution is 2.33. The minimum Gasteiger partial charge on any atom is -0.444 e. The Morgan fingerprint density at radius 3 is 2.47 bits per heavy atom. The number of carbonyl (C=O) groups is 1. The number of hydrogen-bond donors (Lipinski definition) is 1. The Balaban J connectivity index is 1.42. The van der Waals surface area contributed by atoms with Crippen molar-refractivity contribution in [1.82, 2.24) is 19.4 Å². The molecule has 1 amide bonds. The number of ether oxygens (including phenoxy) is 1. The minimum absolute atomic E-state index is 0.178. The molecule has 0 saturated carbocycles. The van der Waals surface area contributed by atoms with Crippen LogP contribution < -0.4 is 10.6 Å². The van der Waals surface area contributed by atoms with Crippen molar-refractivity contribution in [2.45, 2.75) is 44.8 Å². The van der Waals surface area contributed by atoms with Crippen LogP contribution in [0.1, 0.15) is 27.2 Å². The van der Waals surface area contributed by atoms with E-state index in [1.54, 1.807) is 32.4 Å². The number of aromatic amines is 1. The second kappa shape index (κ2) is 8.06. The Labute approximate surface area is 185 Å². The van der Waals surface area contributed by atoms with E-state index in [1.165, 1.54) is 0 Å². The van der Waals surface area contributed by atoms with Gasteiger partial charge in [0, 0.05) is 39.8 Å². The van der Waals surface area contributed by atoms with Gasteiger partial charge in [-0.3, -0.25) is 9.47 Å². The van der Waals surface area contributed by atoms with Crippen molar-refractivity contribution in [3.05, 3.63) is 28.7 Å². The van der Waals surface area contributed by atoms with E-state index in [9.17, 15) is 9.59 Å². The summed E-state index contributed by atoms with van der Waals surface area (Å²) < 4.78 is 36.9. The lowest BCUT2D eigenvalue weighted by Crippen LogP contribution is -2.62. The number of para-hydroxylation sites is 1. The first-order valence-corrected chi connectivity index (χ1v) is 11.0. The smallest absolute Gasteiger partial charge is 0.410 e. The molecule has 10 heteroatoms. The fraction of sp³-hybridized carbons (Fsp3) is 0.636. The molecule has 3 heterocycles. The molecule has 0 bridgehead atoms. The van der Waals surface area contributed by atoms with Gasteiger partial charge in [-0.25, -0.2) is 18.4 Å². The molecule has 4 rings (SSSR count). The van der Waals surface area contributed by atoms with E-state index >= 15 is 8.78 Å². The quantitative estimate of drug-likeness (QED) is 0.760. The molecule has 1 aromatic carbocycles. The molecule has 1 aromatic heterocycles. The number of aryl methyl sites for hydroxylation is 1. The van der Waals surface area contributed by atoms with Crippen LogP contribution in [-0.2, 0) is 11.8 Å². The molecule has 1 atom stereocenters. The summed E-state index contributed by atoms with van der Waals surface area (Å²) in [6, 6.07) is 4.80. The third kappa shape index (κ3) is 4.32. The second-order valence-corrected chi connectivity index (χ2v) is 9.65. The van der Waals surface area contributed by atoms with Crippen LogP contribution in [0.5, 0.6) is 0 Å². The maximum Gasteiger partial charge on any atom is 0.410 e. The first-order valence-electron chi connectivity index (χ1n) is 11.0. The van der Waals surface area contributed by atoms with Crippen LogP contribution >= 0.6 is 0 Å². The van der Waals surface area contributed by atoms with Gasteiger partial charge in [0.15, 0.2) is 0 Å². The molecule has 2 aromatic rings. The number of imidazole rings is 1. The van der Waals surface area contributed by atoms with Gasteiger partial charge in [0.25, 0.3) is 5.92 Å². The number of nitrogens with one attached hydrogen (secondary N) is 1. The van der Waals surface area contributed by atoms with E-state index in [1.807, 2.05) is 23.1 Å². The molecule has 2 saturated heterocycles. The number of aromatic nitrogens is 2. The number of hydrogen-bond acceptors (Lipinski definition) is 5. The average molecular weight is 452 g/mol. The predicted molar refractivity (Wildman–Crippen MR) is 118 cm³/mol. The first kappa shape index (κ1) is 22.6. The Hall–Kier alpha value is -2.62. The van der Waals surface area contributed by atoms with Crippen LogP contribution in [0, 0.1) is 0 Å². The maximum absolute atomic E-state index is 15.0. The zero-order chi connectivity index (χ0) is 23.3. The lowest BCUT2D eigenvalue weighted by molar-refractivity contribution is -0.126. The molecule has 8 nitrogen and oxygen atoms in total. The SMILES string of the molecule is Cn1c(=O)[nH]c2cccc(N3CCN([C@H]4CCN(C(=O)OC(C)(C)C)CC4(F)F)CC3)c21. The third-order valence-corrected chi connectivity index (χ3v) is 6.21. The fourth-order valence-electron chi connectivity index (χ4n) is 4.68. The van der Waals surface area contributed by atoms with E-state index in [-0.39, 0.29) is 18.7 Å². The van der Waals surface area contributed by atoms with Crippen LogP contribution in [0.3, 0.4) is 0 Å². The minimum atomic E-state index is -3.01. The van der Waals surface area contributed by atoms with E-state index in [0.29, 0.717) is 26.2 Å². The molecule has 0 spiro atoms. The van der Waals surface area contributed by atoms with Gasteiger partial charge in [0.05, 0.1) is 29.3 Å².